The fourth-order valence-electron chi connectivity index (χ4n) is 3.64. The average molecular weight is 222 g/mol. The van der Waals surface area contributed by atoms with Crippen molar-refractivity contribution in [3.63, 3.8) is 0 Å². The lowest BCUT2D eigenvalue weighted by Gasteiger charge is -2.39. The third-order valence-corrected chi connectivity index (χ3v) is 4.78. The standard InChI is InChI=1S/C13H22N2O/c1-5-13(7-10-15-16-13)6-2-11(1)12-3-8-14-9-4-12/h10-12,14H,1-9H2. The van der Waals surface area contributed by atoms with Crippen molar-refractivity contribution >= 4 is 6.21 Å². The van der Waals surface area contributed by atoms with E-state index in [9.17, 15) is 0 Å². The van der Waals surface area contributed by atoms with Crippen LogP contribution in [0.25, 0.3) is 0 Å². The highest BCUT2D eigenvalue weighted by Crippen LogP contribution is 2.43. The van der Waals surface area contributed by atoms with Gasteiger partial charge in [0.15, 0.2) is 0 Å². The molecular formula is C13H22N2O. The summed E-state index contributed by atoms with van der Waals surface area (Å²) in [5.41, 5.74) is 0.115. The molecule has 1 aliphatic carbocycles. The normalized spacial score (nSPS) is 40.1. The molecule has 16 heavy (non-hydrogen) atoms. The van der Waals surface area contributed by atoms with Gasteiger partial charge in [0.2, 0.25) is 0 Å². The monoisotopic (exact) mass is 222 g/mol. The molecule has 1 N–H and O–H groups in total. The van der Waals surface area contributed by atoms with E-state index in [1.807, 2.05) is 6.21 Å². The Morgan fingerprint density at radius 3 is 2.38 bits per heavy atom. The molecule has 0 aromatic carbocycles. The van der Waals surface area contributed by atoms with Gasteiger partial charge >= 0.3 is 0 Å². The Morgan fingerprint density at radius 2 is 1.75 bits per heavy atom. The zero-order valence-electron chi connectivity index (χ0n) is 9.95. The summed E-state index contributed by atoms with van der Waals surface area (Å²) >= 11 is 0. The third kappa shape index (κ3) is 1.97. The van der Waals surface area contributed by atoms with Crippen LogP contribution in [0.3, 0.4) is 0 Å². The Labute approximate surface area is 97.6 Å². The van der Waals surface area contributed by atoms with Gasteiger partial charge in [-0.25, -0.2) is 0 Å². The van der Waals surface area contributed by atoms with Crippen LogP contribution in [0.5, 0.6) is 0 Å². The fourth-order valence-corrected chi connectivity index (χ4v) is 3.64. The van der Waals surface area contributed by atoms with Crippen LogP contribution in [-0.2, 0) is 4.84 Å². The van der Waals surface area contributed by atoms with Gasteiger partial charge < -0.3 is 10.2 Å². The zero-order valence-corrected chi connectivity index (χ0v) is 9.95. The van der Waals surface area contributed by atoms with Crippen LogP contribution < -0.4 is 5.32 Å². The lowest BCUT2D eigenvalue weighted by molar-refractivity contribution is -0.0604. The molecule has 3 nitrogen and oxygen atoms in total. The van der Waals surface area contributed by atoms with Gasteiger partial charge in [0, 0.05) is 12.6 Å². The number of nitrogens with one attached hydrogen (secondary N) is 1. The molecule has 90 valence electrons. The maximum absolute atomic E-state index is 5.57. The SMILES string of the molecule is C1=NOC2(C1)CCC(C1CCNCC1)CC2. The fraction of sp³-hybridized carbons (Fsp3) is 0.923. The first-order valence-corrected chi connectivity index (χ1v) is 6.79. The lowest BCUT2D eigenvalue weighted by atomic mass is 9.70. The molecule has 0 bridgehead atoms. The second-order valence-electron chi connectivity index (χ2n) is 5.69. The van der Waals surface area contributed by atoms with Crippen molar-refractivity contribution in [2.75, 3.05) is 13.1 Å². The predicted octanol–water partition coefficient (Wildman–Crippen LogP) is 2.32. The molecule has 0 radical (unpaired) electrons. The van der Waals surface area contributed by atoms with Crippen molar-refractivity contribution in [3.05, 3.63) is 0 Å². The largest absolute Gasteiger partial charge is 0.389 e. The first-order valence-electron chi connectivity index (χ1n) is 6.79. The van der Waals surface area contributed by atoms with Crippen LogP contribution >= 0.6 is 0 Å². The topological polar surface area (TPSA) is 33.6 Å². The van der Waals surface area contributed by atoms with E-state index < -0.39 is 0 Å². The Hall–Kier alpha value is -0.570. The van der Waals surface area contributed by atoms with E-state index in [1.165, 1.54) is 51.6 Å². The molecule has 2 heterocycles. The number of nitrogens with zero attached hydrogens (tertiary/aromatic N) is 1. The van der Waals surface area contributed by atoms with Crippen LogP contribution in [0.15, 0.2) is 5.16 Å². The van der Waals surface area contributed by atoms with Crippen molar-refractivity contribution in [3.8, 4) is 0 Å². The van der Waals surface area contributed by atoms with Gasteiger partial charge in [0.25, 0.3) is 0 Å². The average Bonchev–Trinajstić information content (AvgIpc) is 2.80. The number of piperidine rings is 1. The molecule has 1 saturated heterocycles. The Kier molecular flexibility index (Phi) is 2.88. The predicted molar refractivity (Wildman–Crippen MR) is 64.5 cm³/mol. The van der Waals surface area contributed by atoms with Gasteiger partial charge in [-0.05, 0) is 63.5 Å². The minimum absolute atomic E-state index is 0.115. The van der Waals surface area contributed by atoms with E-state index in [2.05, 4.69) is 10.5 Å². The second-order valence-corrected chi connectivity index (χ2v) is 5.69. The van der Waals surface area contributed by atoms with E-state index in [0.29, 0.717) is 0 Å². The second kappa shape index (κ2) is 4.36. The summed E-state index contributed by atoms with van der Waals surface area (Å²) in [4.78, 5) is 5.57. The van der Waals surface area contributed by atoms with Crippen molar-refractivity contribution < 1.29 is 4.84 Å². The van der Waals surface area contributed by atoms with Crippen molar-refractivity contribution in [1.82, 2.24) is 5.32 Å². The summed E-state index contributed by atoms with van der Waals surface area (Å²) in [5, 5.41) is 7.42. The van der Waals surface area contributed by atoms with E-state index in [4.69, 9.17) is 4.84 Å². The first kappa shape index (κ1) is 10.6. The summed E-state index contributed by atoms with van der Waals surface area (Å²) in [6.45, 7) is 2.46. The maximum Gasteiger partial charge on any atom is 0.142 e. The molecule has 2 aliphatic heterocycles. The molecular weight excluding hydrogens is 200 g/mol. The van der Waals surface area contributed by atoms with Crippen LogP contribution in [0, 0.1) is 11.8 Å². The Bertz CT molecular complexity index is 253. The van der Waals surface area contributed by atoms with Crippen molar-refractivity contribution in [1.29, 1.82) is 0 Å². The van der Waals surface area contributed by atoms with E-state index in [-0.39, 0.29) is 5.60 Å². The Morgan fingerprint density at radius 1 is 1.06 bits per heavy atom. The molecule has 1 spiro atoms. The number of hydrogen-bond donors (Lipinski definition) is 1. The van der Waals surface area contributed by atoms with Gasteiger partial charge in [-0.3, -0.25) is 0 Å². The number of rotatable bonds is 1. The molecule has 3 rings (SSSR count). The molecule has 2 fully saturated rings. The van der Waals surface area contributed by atoms with Crippen LogP contribution in [0.2, 0.25) is 0 Å². The van der Waals surface area contributed by atoms with Gasteiger partial charge in [0.1, 0.15) is 5.60 Å². The zero-order chi connectivity index (χ0) is 10.8. The highest BCUT2D eigenvalue weighted by Gasteiger charge is 2.41. The minimum atomic E-state index is 0.115. The maximum atomic E-state index is 5.57. The van der Waals surface area contributed by atoms with E-state index in [0.717, 1.165) is 18.3 Å². The molecule has 0 aromatic heterocycles. The van der Waals surface area contributed by atoms with Crippen molar-refractivity contribution in [2.45, 2.75) is 50.5 Å². The molecule has 0 aromatic rings. The van der Waals surface area contributed by atoms with Gasteiger partial charge in [-0.1, -0.05) is 5.16 Å². The molecule has 0 amide bonds. The summed E-state index contributed by atoms with van der Waals surface area (Å²) in [6.07, 6.45) is 10.9. The number of oxime groups is 1. The molecule has 3 aliphatic rings. The summed E-state index contributed by atoms with van der Waals surface area (Å²) < 4.78 is 0. The summed E-state index contributed by atoms with van der Waals surface area (Å²) in [7, 11) is 0. The molecule has 1 saturated carbocycles. The highest BCUT2D eigenvalue weighted by atomic mass is 16.7. The first-order chi connectivity index (χ1) is 7.88. The van der Waals surface area contributed by atoms with Crippen molar-refractivity contribution in [2.24, 2.45) is 17.0 Å². The quantitative estimate of drug-likeness (QED) is 0.738. The molecule has 3 heteroatoms. The lowest BCUT2D eigenvalue weighted by Crippen LogP contribution is -2.38. The van der Waals surface area contributed by atoms with Gasteiger partial charge in [0.05, 0.1) is 0 Å². The molecule has 0 atom stereocenters. The van der Waals surface area contributed by atoms with Gasteiger partial charge in [-0.2, -0.15) is 0 Å². The van der Waals surface area contributed by atoms with Crippen LogP contribution in [0.4, 0.5) is 0 Å². The minimum Gasteiger partial charge on any atom is -0.389 e. The van der Waals surface area contributed by atoms with Crippen LogP contribution in [0.1, 0.15) is 44.9 Å². The van der Waals surface area contributed by atoms with Gasteiger partial charge in [-0.15, -0.1) is 0 Å². The molecule has 0 unspecified atom stereocenters. The third-order valence-electron chi connectivity index (χ3n) is 4.78. The summed E-state index contributed by atoms with van der Waals surface area (Å²) in [5.74, 6) is 1.93. The van der Waals surface area contributed by atoms with E-state index >= 15 is 0 Å². The smallest absolute Gasteiger partial charge is 0.142 e. The Balaban J connectivity index is 1.53. The number of hydrogen-bond acceptors (Lipinski definition) is 3. The highest BCUT2D eigenvalue weighted by molar-refractivity contribution is 5.59. The van der Waals surface area contributed by atoms with Crippen LogP contribution in [-0.4, -0.2) is 24.9 Å². The van der Waals surface area contributed by atoms with E-state index in [1.54, 1.807) is 0 Å². The summed E-state index contributed by atoms with van der Waals surface area (Å²) in [6, 6.07) is 0.